The number of aliphatic hydroxyl groups is 1. The van der Waals surface area contributed by atoms with E-state index in [0.717, 1.165) is 0 Å². The topological polar surface area (TPSA) is 217 Å². The first kappa shape index (κ1) is 46.7. The molecule has 0 bridgehead atoms. The predicted octanol–water partition coefficient (Wildman–Crippen LogP) is 1.94. The average molecular weight is 772 g/mol. The summed E-state index contributed by atoms with van der Waals surface area (Å²) in [5.74, 6) is -4.39. The average Bonchev–Trinajstić information content (AvgIpc) is 3.20. The fourth-order valence-corrected chi connectivity index (χ4v) is 5.43. The summed E-state index contributed by atoms with van der Waals surface area (Å²) in [6.07, 6.45) is -6.18. The van der Waals surface area contributed by atoms with E-state index in [1.54, 1.807) is 88.4 Å². The van der Waals surface area contributed by atoms with Gasteiger partial charge in [-0.3, -0.25) is 24.0 Å². The highest BCUT2D eigenvalue weighted by atomic mass is 16.7. The van der Waals surface area contributed by atoms with Crippen LogP contribution in [0.3, 0.4) is 0 Å². The summed E-state index contributed by atoms with van der Waals surface area (Å²) in [6, 6.07) is 14.7. The van der Waals surface area contributed by atoms with Crippen LogP contribution >= 0.6 is 0 Å². The van der Waals surface area contributed by atoms with Crippen molar-refractivity contribution in [3.05, 3.63) is 71.8 Å². The van der Waals surface area contributed by atoms with Crippen molar-refractivity contribution in [2.24, 2.45) is 23.5 Å². The number of likely N-dealkylation sites (N-methyl/N-ethyl adjacent to an activating group) is 2. The Morgan fingerprint density at radius 3 is 1.47 bits per heavy atom. The second-order valence-corrected chi connectivity index (χ2v) is 13.9. The first-order valence-electron chi connectivity index (χ1n) is 18.8. The van der Waals surface area contributed by atoms with Crippen LogP contribution in [0.15, 0.2) is 60.7 Å². The van der Waals surface area contributed by atoms with Crippen molar-refractivity contribution in [2.45, 2.75) is 110 Å². The van der Waals surface area contributed by atoms with Crippen LogP contribution in [0.1, 0.15) is 65.5 Å². The predicted molar refractivity (Wildman–Crippen MR) is 206 cm³/mol. The van der Waals surface area contributed by atoms with Gasteiger partial charge in [0.2, 0.25) is 11.8 Å². The maximum absolute atomic E-state index is 14.3. The summed E-state index contributed by atoms with van der Waals surface area (Å²) in [5.41, 5.74) is 7.30. The number of rotatable bonds is 24. The lowest BCUT2D eigenvalue weighted by atomic mass is 9.95. The lowest BCUT2D eigenvalue weighted by molar-refractivity contribution is -0.204. The molecule has 0 aromatic heterocycles. The van der Waals surface area contributed by atoms with Crippen molar-refractivity contribution in [1.82, 2.24) is 21.3 Å². The van der Waals surface area contributed by atoms with E-state index in [1.807, 2.05) is 13.8 Å². The molecule has 15 nitrogen and oxygen atoms in total. The Labute approximate surface area is 324 Å². The Morgan fingerprint density at radius 1 is 0.655 bits per heavy atom. The van der Waals surface area contributed by atoms with E-state index in [1.165, 1.54) is 14.1 Å². The summed E-state index contributed by atoms with van der Waals surface area (Å²) in [6.45, 7) is 9.64. The zero-order valence-corrected chi connectivity index (χ0v) is 33.3. The van der Waals surface area contributed by atoms with Crippen LogP contribution in [0.25, 0.3) is 0 Å². The van der Waals surface area contributed by atoms with Crippen LogP contribution in [0.5, 0.6) is 0 Å². The smallest absolute Gasteiger partial charge is 0.325 e. The summed E-state index contributed by atoms with van der Waals surface area (Å²) in [7, 11) is 2.88. The van der Waals surface area contributed by atoms with Gasteiger partial charge in [-0.2, -0.15) is 0 Å². The summed E-state index contributed by atoms with van der Waals surface area (Å²) < 4.78 is 23.6. The van der Waals surface area contributed by atoms with Crippen molar-refractivity contribution >= 4 is 29.6 Å². The molecule has 0 saturated heterocycles. The molecular formula is C40H61N5O10. The van der Waals surface area contributed by atoms with Gasteiger partial charge < -0.3 is 51.1 Å². The molecule has 0 heterocycles. The molecule has 0 aliphatic heterocycles. The quantitative estimate of drug-likeness (QED) is 0.0670. The minimum absolute atomic E-state index is 0.161. The van der Waals surface area contributed by atoms with E-state index >= 15 is 0 Å². The SMILES string of the molecule is CCC(C)[C@H](NC(=O)[C@H](OCc1ccccc1)[C@H](O)[C@@H](OCOC(=O)[C@@H](N)C(C)C)[C@@H](OCc1ccccc1)C(=O)N[C@H](C(=O)NC)C(C)CC)C(=O)NC. The number of nitrogens with one attached hydrogen (secondary N) is 4. The van der Waals surface area contributed by atoms with Gasteiger partial charge in [0.1, 0.15) is 30.3 Å². The molecule has 9 atom stereocenters. The number of ether oxygens (including phenoxy) is 4. The number of hydrogen-bond acceptors (Lipinski definition) is 11. The van der Waals surface area contributed by atoms with Gasteiger partial charge in [0, 0.05) is 14.1 Å². The normalized spacial score (nSPS) is 16.3. The Bertz CT molecular complexity index is 1480. The third-order valence-electron chi connectivity index (χ3n) is 9.54. The molecule has 4 amide bonds. The maximum atomic E-state index is 14.3. The number of aliphatic hydroxyl groups excluding tert-OH is 1. The highest BCUT2D eigenvalue weighted by Crippen LogP contribution is 2.21. The molecule has 0 radical (unpaired) electrons. The molecular weight excluding hydrogens is 710 g/mol. The standard InChI is InChI=1S/C40H61N5O10/c1-9-25(5)30(36(47)42-7)44-38(49)34(52-21-27-17-13-11-14-18-27)32(46)33(54-23-55-40(51)29(41)24(3)4)35(53-22-28-19-15-12-16-20-28)39(50)45-31(26(6)10-2)37(48)43-8/h11-20,24-26,29-35,46H,9-10,21-23,41H2,1-8H3,(H,42,47)(H,43,48)(H,44,49)(H,45,50)/t25?,26?,29-,30-,31-,32+,33+,34+,35+/m0/s1. The van der Waals surface area contributed by atoms with Crippen molar-refractivity contribution in [1.29, 1.82) is 0 Å². The monoisotopic (exact) mass is 771 g/mol. The molecule has 0 spiro atoms. The molecule has 306 valence electrons. The van der Waals surface area contributed by atoms with Gasteiger partial charge in [-0.15, -0.1) is 0 Å². The molecule has 55 heavy (non-hydrogen) atoms. The summed E-state index contributed by atoms with van der Waals surface area (Å²) >= 11 is 0. The van der Waals surface area contributed by atoms with Gasteiger partial charge in [-0.1, -0.05) is 115 Å². The lowest BCUT2D eigenvalue weighted by Gasteiger charge is -2.35. The van der Waals surface area contributed by atoms with Crippen molar-refractivity contribution in [3.63, 3.8) is 0 Å². The highest BCUT2D eigenvalue weighted by Gasteiger charge is 2.45. The number of esters is 1. The second kappa shape index (κ2) is 24.2. The van der Waals surface area contributed by atoms with E-state index in [4.69, 9.17) is 24.7 Å². The maximum Gasteiger partial charge on any atom is 0.325 e. The van der Waals surface area contributed by atoms with Crippen LogP contribution in [0, 0.1) is 17.8 Å². The fraction of sp³-hybridized carbons (Fsp3) is 0.575. The van der Waals surface area contributed by atoms with Crippen LogP contribution in [-0.4, -0.2) is 98.1 Å². The van der Waals surface area contributed by atoms with Crippen LogP contribution in [0.2, 0.25) is 0 Å². The number of amides is 4. The van der Waals surface area contributed by atoms with Crippen molar-refractivity contribution in [3.8, 4) is 0 Å². The van der Waals surface area contributed by atoms with Gasteiger partial charge in [-0.05, 0) is 28.9 Å². The lowest BCUT2D eigenvalue weighted by Crippen LogP contribution is -2.61. The zero-order valence-electron chi connectivity index (χ0n) is 33.3. The zero-order chi connectivity index (χ0) is 41.1. The third-order valence-corrected chi connectivity index (χ3v) is 9.54. The number of benzene rings is 2. The Morgan fingerprint density at radius 2 is 1.07 bits per heavy atom. The van der Waals surface area contributed by atoms with Gasteiger partial charge in [-0.25, -0.2) is 0 Å². The first-order chi connectivity index (χ1) is 26.2. The van der Waals surface area contributed by atoms with E-state index in [9.17, 15) is 29.1 Å². The van der Waals surface area contributed by atoms with Gasteiger partial charge in [0.25, 0.3) is 11.8 Å². The Kier molecular flexibility index (Phi) is 20.5. The molecule has 15 heteroatoms. The number of nitrogens with two attached hydrogens (primary N) is 1. The summed E-state index contributed by atoms with van der Waals surface area (Å²) in [4.78, 5) is 67.2. The van der Waals surface area contributed by atoms with E-state index in [2.05, 4.69) is 21.3 Å². The highest BCUT2D eigenvalue weighted by molar-refractivity contribution is 5.91. The third kappa shape index (κ3) is 14.6. The largest absolute Gasteiger partial charge is 0.437 e. The number of carbonyl (C=O) groups excluding carboxylic acids is 5. The Hall–Kier alpha value is -4.41. The molecule has 0 saturated carbocycles. The first-order valence-corrected chi connectivity index (χ1v) is 18.8. The molecule has 2 aromatic rings. The van der Waals surface area contributed by atoms with Gasteiger partial charge in [0.15, 0.2) is 19.0 Å². The van der Waals surface area contributed by atoms with Gasteiger partial charge in [0.05, 0.1) is 13.2 Å². The van der Waals surface area contributed by atoms with E-state index in [-0.39, 0.29) is 31.0 Å². The van der Waals surface area contributed by atoms with Crippen LogP contribution in [-0.2, 0) is 56.1 Å². The molecule has 2 aromatic carbocycles. The molecule has 7 N–H and O–H groups in total. The van der Waals surface area contributed by atoms with Gasteiger partial charge >= 0.3 is 5.97 Å². The van der Waals surface area contributed by atoms with Crippen LogP contribution in [0.4, 0.5) is 0 Å². The Balaban J connectivity index is 2.70. The number of carbonyl (C=O) groups is 5. The minimum atomic E-state index is -1.99. The molecule has 0 aliphatic rings. The van der Waals surface area contributed by atoms with Crippen molar-refractivity contribution in [2.75, 3.05) is 20.9 Å². The van der Waals surface area contributed by atoms with E-state index < -0.39 is 78.9 Å². The fourth-order valence-electron chi connectivity index (χ4n) is 5.43. The molecule has 2 unspecified atom stereocenters. The van der Waals surface area contributed by atoms with E-state index in [0.29, 0.717) is 24.0 Å². The second-order valence-electron chi connectivity index (χ2n) is 13.9. The molecule has 2 rings (SSSR count). The molecule has 0 fully saturated rings. The van der Waals surface area contributed by atoms with Crippen molar-refractivity contribution < 1.29 is 48.0 Å². The molecule has 0 aliphatic carbocycles. The van der Waals surface area contributed by atoms with Crippen LogP contribution < -0.4 is 27.0 Å². The minimum Gasteiger partial charge on any atom is -0.437 e. The summed E-state index contributed by atoms with van der Waals surface area (Å²) in [5, 5.41) is 22.8. The number of hydrogen-bond donors (Lipinski definition) is 6.